The molecule has 2 aromatic heterocycles. The van der Waals surface area contributed by atoms with E-state index in [0.29, 0.717) is 11.1 Å². The molecular weight excluding hydrogens is 316 g/mol. The minimum absolute atomic E-state index is 0.129. The second-order valence-corrected chi connectivity index (χ2v) is 5.90. The highest BCUT2D eigenvalue weighted by Crippen LogP contribution is 2.14. The lowest BCUT2D eigenvalue weighted by Crippen LogP contribution is -2.28. The van der Waals surface area contributed by atoms with E-state index in [9.17, 15) is 9.90 Å². The van der Waals surface area contributed by atoms with Gasteiger partial charge in [-0.2, -0.15) is 5.10 Å². The fourth-order valence-corrected chi connectivity index (χ4v) is 2.63. The Labute approximate surface area is 146 Å². The highest BCUT2D eigenvalue weighted by Gasteiger charge is 2.11. The van der Waals surface area contributed by atoms with E-state index in [1.165, 1.54) is 0 Å². The monoisotopic (exact) mass is 336 g/mol. The van der Waals surface area contributed by atoms with Gasteiger partial charge in [0, 0.05) is 35.8 Å². The van der Waals surface area contributed by atoms with E-state index >= 15 is 0 Å². The van der Waals surface area contributed by atoms with Gasteiger partial charge in [-0.1, -0.05) is 6.07 Å². The molecule has 6 heteroatoms. The Hall–Kier alpha value is -2.99. The smallest absolute Gasteiger partial charge is 0.251 e. The SMILES string of the molecule is Cc1cc(C)n(-c2ccc(C(=O)NC[C@@H](O)c3cccnc3)cc2)n1. The lowest BCUT2D eigenvalue weighted by molar-refractivity contribution is 0.0916. The van der Waals surface area contributed by atoms with Crippen LogP contribution in [0.3, 0.4) is 0 Å². The van der Waals surface area contributed by atoms with Crippen molar-refractivity contribution in [2.45, 2.75) is 20.0 Å². The van der Waals surface area contributed by atoms with Crippen molar-refractivity contribution in [2.75, 3.05) is 6.54 Å². The van der Waals surface area contributed by atoms with Crippen LogP contribution < -0.4 is 5.32 Å². The van der Waals surface area contributed by atoms with Crippen molar-refractivity contribution in [2.24, 2.45) is 0 Å². The summed E-state index contributed by atoms with van der Waals surface area (Å²) < 4.78 is 1.84. The Bertz CT molecular complexity index is 857. The van der Waals surface area contributed by atoms with Crippen LogP contribution in [0.5, 0.6) is 0 Å². The van der Waals surface area contributed by atoms with Crippen LogP contribution in [0.4, 0.5) is 0 Å². The third-order valence-electron chi connectivity index (χ3n) is 3.91. The predicted octanol–water partition coefficient (Wildman–Crippen LogP) is 2.35. The van der Waals surface area contributed by atoms with Gasteiger partial charge in [0.25, 0.3) is 5.91 Å². The lowest BCUT2D eigenvalue weighted by Gasteiger charge is -2.12. The highest BCUT2D eigenvalue weighted by atomic mass is 16.3. The number of pyridine rings is 1. The Morgan fingerprint density at radius 1 is 1.24 bits per heavy atom. The summed E-state index contributed by atoms with van der Waals surface area (Å²) >= 11 is 0. The summed E-state index contributed by atoms with van der Waals surface area (Å²) in [4.78, 5) is 16.2. The van der Waals surface area contributed by atoms with E-state index in [2.05, 4.69) is 15.4 Å². The van der Waals surface area contributed by atoms with Gasteiger partial charge in [-0.05, 0) is 50.2 Å². The third kappa shape index (κ3) is 3.92. The average Bonchev–Trinajstić information content (AvgIpc) is 2.98. The van der Waals surface area contributed by atoms with Gasteiger partial charge in [0.2, 0.25) is 0 Å². The van der Waals surface area contributed by atoms with Crippen molar-refractivity contribution in [3.05, 3.63) is 77.4 Å². The van der Waals surface area contributed by atoms with Gasteiger partial charge >= 0.3 is 0 Å². The van der Waals surface area contributed by atoms with E-state index in [-0.39, 0.29) is 12.5 Å². The molecule has 128 valence electrons. The van der Waals surface area contributed by atoms with Gasteiger partial charge < -0.3 is 10.4 Å². The minimum Gasteiger partial charge on any atom is -0.387 e. The Balaban J connectivity index is 1.64. The first kappa shape index (κ1) is 16.9. The molecule has 0 aliphatic rings. The lowest BCUT2D eigenvalue weighted by atomic mass is 10.1. The molecule has 0 spiro atoms. The molecule has 0 bridgehead atoms. The first-order valence-electron chi connectivity index (χ1n) is 8.04. The largest absolute Gasteiger partial charge is 0.387 e. The van der Waals surface area contributed by atoms with E-state index in [0.717, 1.165) is 17.1 Å². The second kappa shape index (κ2) is 7.27. The van der Waals surface area contributed by atoms with Crippen LogP contribution in [-0.4, -0.2) is 32.3 Å². The molecule has 6 nitrogen and oxygen atoms in total. The van der Waals surface area contributed by atoms with Gasteiger partial charge in [-0.25, -0.2) is 4.68 Å². The molecule has 0 saturated carbocycles. The quantitative estimate of drug-likeness (QED) is 0.749. The highest BCUT2D eigenvalue weighted by molar-refractivity contribution is 5.94. The number of nitrogens with zero attached hydrogens (tertiary/aromatic N) is 3. The average molecular weight is 336 g/mol. The Morgan fingerprint density at radius 3 is 2.60 bits per heavy atom. The van der Waals surface area contributed by atoms with Crippen molar-refractivity contribution >= 4 is 5.91 Å². The molecule has 2 N–H and O–H groups in total. The van der Waals surface area contributed by atoms with E-state index < -0.39 is 6.10 Å². The summed E-state index contributed by atoms with van der Waals surface area (Å²) in [6.07, 6.45) is 2.44. The number of amides is 1. The van der Waals surface area contributed by atoms with Crippen LogP contribution in [0.25, 0.3) is 5.69 Å². The number of hydrogen-bond acceptors (Lipinski definition) is 4. The van der Waals surface area contributed by atoms with Crippen LogP contribution in [0.2, 0.25) is 0 Å². The minimum atomic E-state index is -0.786. The number of aliphatic hydroxyl groups excluding tert-OH is 1. The van der Waals surface area contributed by atoms with Gasteiger partial charge in [0.15, 0.2) is 0 Å². The maximum absolute atomic E-state index is 12.2. The summed E-state index contributed by atoms with van der Waals surface area (Å²) in [5.41, 5.74) is 4.09. The summed E-state index contributed by atoms with van der Waals surface area (Å²) in [6, 6.07) is 12.7. The number of carbonyl (C=O) groups is 1. The standard InChI is InChI=1S/C19H20N4O2/c1-13-10-14(2)23(22-13)17-7-5-15(6-8-17)19(25)21-12-18(24)16-4-3-9-20-11-16/h3-11,18,24H,12H2,1-2H3,(H,21,25)/t18-/m1/s1. The van der Waals surface area contributed by atoms with Crippen molar-refractivity contribution in [1.29, 1.82) is 0 Å². The summed E-state index contributed by atoms with van der Waals surface area (Å²) in [6.45, 7) is 4.06. The van der Waals surface area contributed by atoms with Crippen LogP contribution in [0.15, 0.2) is 54.9 Å². The second-order valence-electron chi connectivity index (χ2n) is 5.90. The Morgan fingerprint density at radius 2 is 2.00 bits per heavy atom. The fourth-order valence-electron chi connectivity index (χ4n) is 2.63. The molecule has 3 aromatic rings. The van der Waals surface area contributed by atoms with Crippen LogP contribution in [0.1, 0.15) is 33.4 Å². The van der Waals surface area contributed by atoms with Gasteiger partial charge in [0.1, 0.15) is 0 Å². The Kier molecular flexibility index (Phi) is 4.90. The first-order valence-corrected chi connectivity index (χ1v) is 8.04. The number of benzene rings is 1. The molecule has 25 heavy (non-hydrogen) atoms. The van der Waals surface area contributed by atoms with Crippen molar-refractivity contribution < 1.29 is 9.90 Å². The molecule has 0 saturated heterocycles. The van der Waals surface area contributed by atoms with Crippen LogP contribution in [0, 0.1) is 13.8 Å². The summed E-state index contributed by atoms with van der Waals surface area (Å²) in [5, 5.41) is 17.2. The molecule has 0 unspecified atom stereocenters. The predicted molar refractivity (Wildman–Crippen MR) is 94.6 cm³/mol. The molecule has 0 aliphatic heterocycles. The number of carbonyl (C=O) groups excluding carboxylic acids is 1. The van der Waals surface area contributed by atoms with Gasteiger partial charge in [-0.3, -0.25) is 9.78 Å². The molecule has 0 radical (unpaired) electrons. The zero-order chi connectivity index (χ0) is 17.8. The maximum atomic E-state index is 12.2. The number of aryl methyl sites for hydroxylation is 2. The number of nitrogens with one attached hydrogen (secondary N) is 1. The molecule has 1 aromatic carbocycles. The van der Waals surface area contributed by atoms with E-state index in [1.807, 2.05) is 36.7 Å². The third-order valence-corrected chi connectivity index (χ3v) is 3.91. The zero-order valence-electron chi connectivity index (χ0n) is 14.2. The number of aromatic nitrogens is 3. The van der Waals surface area contributed by atoms with E-state index in [4.69, 9.17) is 0 Å². The van der Waals surface area contributed by atoms with Crippen LogP contribution >= 0.6 is 0 Å². The maximum Gasteiger partial charge on any atom is 0.251 e. The van der Waals surface area contributed by atoms with Crippen molar-refractivity contribution in [3.63, 3.8) is 0 Å². The fraction of sp³-hybridized carbons (Fsp3) is 0.211. The van der Waals surface area contributed by atoms with E-state index in [1.54, 1.807) is 36.7 Å². The normalized spacial score (nSPS) is 12.0. The molecule has 2 heterocycles. The number of rotatable bonds is 5. The van der Waals surface area contributed by atoms with Crippen LogP contribution in [-0.2, 0) is 0 Å². The van der Waals surface area contributed by atoms with Gasteiger partial charge in [-0.15, -0.1) is 0 Å². The molecular formula is C19H20N4O2. The molecule has 3 rings (SSSR count). The molecule has 1 amide bonds. The summed E-state index contributed by atoms with van der Waals surface area (Å²) in [5.74, 6) is -0.233. The number of aliphatic hydroxyl groups is 1. The molecule has 1 atom stereocenters. The molecule has 0 fully saturated rings. The zero-order valence-corrected chi connectivity index (χ0v) is 14.2. The number of hydrogen-bond donors (Lipinski definition) is 2. The van der Waals surface area contributed by atoms with Crippen molar-refractivity contribution in [1.82, 2.24) is 20.1 Å². The van der Waals surface area contributed by atoms with Gasteiger partial charge in [0.05, 0.1) is 17.5 Å². The summed E-state index contributed by atoms with van der Waals surface area (Å²) in [7, 11) is 0. The topological polar surface area (TPSA) is 80.0 Å². The molecule has 0 aliphatic carbocycles. The first-order chi connectivity index (χ1) is 12.0. The van der Waals surface area contributed by atoms with Crippen molar-refractivity contribution in [3.8, 4) is 5.69 Å².